The van der Waals surface area contributed by atoms with Crippen LogP contribution in [0.25, 0.3) is 0 Å². The van der Waals surface area contributed by atoms with Crippen LogP contribution in [-0.4, -0.2) is 18.1 Å². The summed E-state index contributed by atoms with van der Waals surface area (Å²) < 4.78 is 33.4. The molecular formula is C16H17F2NO. The minimum absolute atomic E-state index is 0.0675. The van der Waals surface area contributed by atoms with E-state index < -0.39 is 5.92 Å². The number of ether oxygens (including phenoxy) is 1. The highest BCUT2D eigenvalue weighted by Gasteiger charge is 2.39. The molecule has 0 radical (unpaired) electrons. The van der Waals surface area contributed by atoms with Gasteiger partial charge in [-0.2, -0.15) is 0 Å². The second kappa shape index (κ2) is 4.21. The van der Waals surface area contributed by atoms with Gasteiger partial charge in [0.05, 0.1) is 24.6 Å². The first-order valence-electron chi connectivity index (χ1n) is 7.26. The number of allylic oxidation sites excluding steroid dienone is 1. The lowest BCUT2D eigenvalue weighted by Gasteiger charge is -2.29. The molecule has 3 aliphatic rings. The van der Waals surface area contributed by atoms with Gasteiger partial charge in [-0.3, -0.25) is 0 Å². The lowest BCUT2D eigenvalue weighted by atomic mass is 9.95. The molecule has 1 aromatic rings. The molecular weight excluding hydrogens is 260 g/mol. The van der Waals surface area contributed by atoms with Crippen molar-refractivity contribution in [3.8, 4) is 5.75 Å². The predicted molar refractivity (Wildman–Crippen MR) is 71.8 cm³/mol. The van der Waals surface area contributed by atoms with Gasteiger partial charge in [0, 0.05) is 12.2 Å². The average molecular weight is 277 g/mol. The van der Waals surface area contributed by atoms with E-state index in [0.29, 0.717) is 5.75 Å². The minimum atomic E-state index is -2.76. The van der Waals surface area contributed by atoms with E-state index in [2.05, 4.69) is 11.0 Å². The molecule has 2 nitrogen and oxygen atoms in total. The van der Waals surface area contributed by atoms with Crippen molar-refractivity contribution in [3.63, 3.8) is 0 Å². The zero-order chi connectivity index (χ0) is 13.7. The van der Waals surface area contributed by atoms with Crippen molar-refractivity contribution in [2.75, 3.05) is 13.2 Å². The maximum Gasteiger partial charge on any atom is 0.280 e. The maximum atomic E-state index is 14.0. The average Bonchev–Trinajstić information content (AvgIpc) is 3.01. The summed E-state index contributed by atoms with van der Waals surface area (Å²) in [6.07, 6.45) is 5.22. The molecule has 106 valence electrons. The summed E-state index contributed by atoms with van der Waals surface area (Å²) in [5.41, 5.74) is 2.45. The summed E-state index contributed by atoms with van der Waals surface area (Å²) in [6.45, 7) is 1.12. The van der Waals surface area contributed by atoms with E-state index in [-0.39, 0.29) is 24.6 Å². The van der Waals surface area contributed by atoms with Crippen LogP contribution in [0.3, 0.4) is 0 Å². The van der Waals surface area contributed by atoms with Gasteiger partial charge in [-0.15, -0.1) is 0 Å². The maximum absolute atomic E-state index is 14.0. The Hall–Kier alpha value is -1.58. The summed E-state index contributed by atoms with van der Waals surface area (Å²) >= 11 is 0. The SMILES string of the molecule is FC1(F)CCOc2ccc(C3CCC4=CCCN43)cc21. The molecule has 0 aliphatic carbocycles. The Morgan fingerprint density at radius 3 is 3.10 bits per heavy atom. The van der Waals surface area contributed by atoms with Crippen LogP contribution in [-0.2, 0) is 5.92 Å². The first-order valence-corrected chi connectivity index (χ1v) is 7.26. The molecule has 0 aromatic heterocycles. The number of nitrogens with zero attached hydrogens (tertiary/aromatic N) is 1. The van der Waals surface area contributed by atoms with E-state index in [0.717, 1.165) is 31.4 Å². The summed E-state index contributed by atoms with van der Waals surface area (Å²) in [5.74, 6) is -2.41. The molecule has 1 unspecified atom stereocenters. The van der Waals surface area contributed by atoms with Crippen LogP contribution in [0.15, 0.2) is 30.0 Å². The number of fused-ring (bicyclic) bond motifs is 2. The molecule has 20 heavy (non-hydrogen) atoms. The van der Waals surface area contributed by atoms with Crippen LogP contribution in [0.5, 0.6) is 5.75 Å². The van der Waals surface area contributed by atoms with E-state index in [1.54, 1.807) is 12.1 Å². The van der Waals surface area contributed by atoms with Crippen LogP contribution in [0.1, 0.15) is 42.9 Å². The van der Waals surface area contributed by atoms with E-state index in [9.17, 15) is 8.78 Å². The summed E-state index contributed by atoms with van der Waals surface area (Å²) in [6, 6.07) is 5.59. The normalized spacial score (nSPS) is 26.8. The minimum Gasteiger partial charge on any atom is -0.493 e. The first kappa shape index (κ1) is 12.2. The van der Waals surface area contributed by atoms with Crippen LogP contribution < -0.4 is 4.74 Å². The molecule has 4 heteroatoms. The number of benzene rings is 1. The van der Waals surface area contributed by atoms with E-state index >= 15 is 0 Å². The summed E-state index contributed by atoms with van der Waals surface area (Å²) in [5, 5.41) is 0. The Bertz CT molecular complexity index is 582. The van der Waals surface area contributed by atoms with Gasteiger partial charge < -0.3 is 9.64 Å². The van der Waals surface area contributed by atoms with Gasteiger partial charge in [-0.25, -0.2) is 8.78 Å². The number of rotatable bonds is 1. The molecule has 1 aromatic carbocycles. The molecule has 0 amide bonds. The summed E-state index contributed by atoms with van der Waals surface area (Å²) in [7, 11) is 0. The monoisotopic (exact) mass is 277 g/mol. The fourth-order valence-corrected chi connectivity index (χ4v) is 3.61. The Morgan fingerprint density at radius 1 is 1.30 bits per heavy atom. The highest BCUT2D eigenvalue weighted by Crippen LogP contribution is 2.46. The molecule has 1 atom stereocenters. The molecule has 0 bridgehead atoms. The number of hydrogen-bond donors (Lipinski definition) is 0. The van der Waals surface area contributed by atoms with Crippen molar-refractivity contribution in [1.29, 1.82) is 0 Å². The zero-order valence-corrected chi connectivity index (χ0v) is 11.2. The molecule has 0 N–H and O–H groups in total. The van der Waals surface area contributed by atoms with E-state index in [1.165, 1.54) is 5.70 Å². The Balaban J connectivity index is 1.72. The fourth-order valence-electron chi connectivity index (χ4n) is 3.61. The van der Waals surface area contributed by atoms with Crippen molar-refractivity contribution in [3.05, 3.63) is 41.1 Å². The lowest BCUT2D eigenvalue weighted by Crippen LogP contribution is -2.25. The zero-order valence-electron chi connectivity index (χ0n) is 11.2. The van der Waals surface area contributed by atoms with E-state index in [4.69, 9.17) is 4.74 Å². The molecule has 0 saturated carbocycles. The summed E-state index contributed by atoms with van der Waals surface area (Å²) in [4.78, 5) is 2.36. The molecule has 3 aliphatic heterocycles. The Kier molecular flexibility index (Phi) is 2.56. The molecule has 1 saturated heterocycles. The van der Waals surface area contributed by atoms with Crippen LogP contribution in [0.2, 0.25) is 0 Å². The third-order valence-corrected chi connectivity index (χ3v) is 4.63. The highest BCUT2D eigenvalue weighted by atomic mass is 19.3. The molecule has 3 heterocycles. The van der Waals surface area contributed by atoms with Gasteiger partial charge in [-0.05, 0) is 37.0 Å². The predicted octanol–water partition coefficient (Wildman–Crippen LogP) is 3.99. The lowest BCUT2D eigenvalue weighted by molar-refractivity contribution is -0.0406. The van der Waals surface area contributed by atoms with Crippen LogP contribution in [0, 0.1) is 0 Å². The largest absolute Gasteiger partial charge is 0.493 e. The second-order valence-corrected chi connectivity index (χ2v) is 5.79. The number of alkyl halides is 2. The van der Waals surface area contributed by atoms with Crippen molar-refractivity contribution in [2.45, 2.75) is 37.6 Å². The van der Waals surface area contributed by atoms with Gasteiger partial charge in [-0.1, -0.05) is 12.1 Å². The molecule has 0 spiro atoms. The van der Waals surface area contributed by atoms with Crippen molar-refractivity contribution in [1.82, 2.24) is 4.90 Å². The van der Waals surface area contributed by atoms with Crippen LogP contribution in [0.4, 0.5) is 8.78 Å². The van der Waals surface area contributed by atoms with E-state index in [1.807, 2.05) is 6.07 Å². The van der Waals surface area contributed by atoms with Gasteiger partial charge in [0.25, 0.3) is 5.92 Å². The van der Waals surface area contributed by atoms with Gasteiger partial charge >= 0.3 is 0 Å². The third-order valence-electron chi connectivity index (χ3n) is 4.63. The van der Waals surface area contributed by atoms with Crippen molar-refractivity contribution in [2.24, 2.45) is 0 Å². The standard InChI is InChI=1S/C16H17F2NO/c17-16(18)7-9-20-15-6-3-11(10-13(15)16)14-5-4-12-2-1-8-19(12)14/h2-3,6,10,14H,1,4-5,7-9H2. The fraction of sp³-hybridized carbons (Fsp3) is 0.500. The van der Waals surface area contributed by atoms with Crippen molar-refractivity contribution >= 4 is 0 Å². The van der Waals surface area contributed by atoms with Crippen molar-refractivity contribution < 1.29 is 13.5 Å². The van der Waals surface area contributed by atoms with Gasteiger partial charge in [0.2, 0.25) is 0 Å². The second-order valence-electron chi connectivity index (χ2n) is 5.79. The number of hydrogen-bond acceptors (Lipinski definition) is 2. The quantitative estimate of drug-likeness (QED) is 0.769. The highest BCUT2D eigenvalue weighted by molar-refractivity contribution is 5.43. The van der Waals surface area contributed by atoms with Crippen LogP contribution >= 0.6 is 0 Å². The Labute approximate surface area is 117 Å². The first-order chi connectivity index (χ1) is 9.65. The molecule has 4 rings (SSSR count). The third kappa shape index (κ3) is 1.74. The van der Waals surface area contributed by atoms with Gasteiger partial charge in [0.1, 0.15) is 5.75 Å². The molecule has 1 fully saturated rings. The number of halogens is 2. The van der Waals surface area contributed by atoms with Gasteiger partial charge in [0.15, 0.2) is 0 Å². The smallest absolute Gasteiger partial charge is 0.280 e. The topological polar surface area (TPSA) is 12.5 Å². The Morgan fingerprint density at radius 2 is 2.20 bits per heavy atom.